The molecule has 0 aliphatic heterocycles. The van der Waals surface area contributed by atoms with Crippen molar-refractivity contribution in [2.75, 3.05) is 20.2 Å². The number of carbonyl (C=O) groups excluding carboxylic acids is 1. The van der Waals surface area contributed by atoms with Gasteiger partial charge in [-0.3, -0.25) is 4.79 Å². The quantitative estimate of drug-likeness (QED) is 0.694. The number of carbonyl (C=O) groups is 1. The lowest BCUT2D eigenvalue weighted by molar-refractivity contribution is -0.151. The van der Waals surface area contributed by atoms with E-state index in [-0.39, 0.29) is 5.91 Å². The predicted octanol–water partition coefficient (Wildman–Crippen LogP) is 1.81. The molecule has 0 spiro atoms. The van der Waals surface area contributed by atoms with E-state index in [9.17, 15) is 4.79 Å². The molecule has 0 fully saturated rings. The van der Waals surface area contributed by atoms with E-state index in [1.54, 1.807) is 18.7 Å². The van der Waals surface area contributed by atoms with Crippen molar-refractivity contribution in [2.45, 2.75) is 39.7 Å². The Kier molecular flexibility index (Phi) is 6.05. The summed E-state index contributed by atoms with van der Waals surface area (Å²) < 4.78 is 5.17. The first-order chi connectivity index (χ1) is 7.35. The Morgan fingerprint density at radius 2 is 2.06 bits per heavy atom. The molecule has 4 nitrogen and oxygen atoms in total. The first-order valence-electron chi connectivity index (χ1n) is 5.56. The molecule has 0 bridgehead atoms. The number of nitrogens with zero attached hydrogens (tertiary/aromatic N) is 2. The number of hydrogen-bond donors (Lipinski definition) is 0. The van der Waals surface area contributed by atoms with Gasteiger partial charge in [0.15, 0.2) is 0 Å². The Morgan fingerprint density at radius 1 is 1.50 bits per heavy atom. The van der Waals surface area contributed by atoms with Gasteiger partial charge in [-0.25, -0.2) is 0 Å². The molecule has 0 heterocycles. The normalized spacial score (nSPS) is 11.3. The predicted molar refractivity (Wildman–Crippen MR) is 62.7 cm³/mol. The second-order valence-corrected chi connectivity index (χ2v) is 4.77. The number of rotatable bonds is 6. The summed E-state index contributed by atoms with van der Waals surface area (Å²) in [5.41, 5.74) is -0.815. The van der Waals surface area contributed by atoms with Gasteiger partial charge in [0.1, 0.15) is 5.60 Å². The van der Waals surface area contributed by atoms with Gasteiger partial charge in [0.25, 0.3) is 5.91 Å². The summed E-state index contributed by atoms with van der Waals surface area (Å²) in [7, 11) is 1.52. The van der Waals surface area contributed by atoms with Gasteiger partial charge in [0.05, 0.1) is 12.5 Å². The standard InChI is InChI=1S/C12H22N2O2/c1-10(2)9-14(8-6-7-13)11(15)12(3,4)16-5/h10H,6,8-9H2,1-5H3. The van der Waals surface area contributed by atoms with E-state index in [1.165, 1.54) is 7.11 Å². The Labute approximate surface area is 98.2 Å². The molecule has 0 N–H and O–H groups in total. The van der Waals surface area contributed by atoms with Gasteiger partial charge in [-0.1, -0.05) is 13.8 Å². The van der Waals surface area contributed by atoms with E-state index >= 15 is 0 Å². The second-order valence-electron chi connectivity index (χ2n) is 4.77. The molecule has 0 saturated heterocycles. The van der Waals surface area contributed by atoms with Gasteiger partial charge in [0.2, 0.25) is 0 Å². The highest BCUT2D eigenvalue weighted by atomic mass is 16.5. The molecule has 4 heteroatoms. The Hall–Kier alpha value is -1.08. The first-order valence-corrected chi connectivity index (χ1v) is 5.56. The molecular weight excluding hydrogens is 204 g/mol. The van der Waals surface area contributed by atoms with Gasteiger partial charge >= 0.3 is 0 Å². The Balaban J connectivity index is 4.62. The Bertz CT molecular complexity index is 267. The molecular formula is C12H22N2O2. The first kappa shape index (κ1) is 14.9. The molecule has 0 aromatic heterocycles. The van der Waals surface area contributed by atoms with Crippen LogP contribution in [0.2, 0.25) is 0 Å². The topological polar surface area (TPSA) is 53.3 Å². The lowest BCUT2D eigenvalue weighted by Crippen LogP contribution is -2.48. The summed E-state index contributed by atoms with van der Waals surface area (Å²) in [6, 6.07) is 2.06. The summed E-state index contributed by atoms with van der Waals surface area (Å²) >= 11 is 0. The van der Waals surface area contributed by atoms with Crippen LogP contribution in [0.1, 0.15) is 34.1 Å². The van der Waals surface area contributed by atoms with Crippen molar-refractivity contribution in [3.63, 3.8) is 0 Å². The van der Waals surface area contributed by atoms with Crippen LogP contribution in [0.15, 0.2) is 0 Å². The maximum Gasteiger partial charge on any atom is 0.254 e. The monoisotopic (exact) mass is 226 g/mol. The van der Waals surface area contributed by atoms with Crippen LogP contribution in [-0.4, -0.2) is 36.6 Å². The number of ether oxygens (including phenoxy) is 1. The molecule has 1 amide bonds. The largest absolute Gasteiger partial charge is 0.369 e. The average Bonchev–Trinajstić information content (AvgIpc) is 2.22. The molecule has 92 valence electrons. The molecule has 0 atom stereocenters. The highest BCUT2D eigenvalue weighted by Gasteiger charge is 2.31. The number of hydrogen-bond acceptors (Lipinski definition) is 3. The molecule has 0 aromatic rings. The zero-order valence-electron chi connectivity index (χ0n) is 10.9. The van der Waals surface area contributed by atoms with Crippen LogP contribution in [0.5, 0.6) is 0 Å². The minimum atomic E-state index is -0.815. The van der Waals surface area contributed by atoms with Crippen LogP contribution in [0.4, 0.5) is 0 Å². The van der Waals surface area contributed by atoms with Crippen LogP contribution in [-0.2, 0) is 9.53 Å². The van der Waals surface area contributed by atoms with Crippen molar-refractivity contribution in [2.24, 2.45) is 5.92 Å². The summed E-state index contributed by atoms with van der Waals surface area (Å²) in [6.45, 7) is 8.72. The number of nitriles is 1. The van der Waals surface area contributed by atoms with Gasteiger partial charge in [-0.05, 0) is 19.8 Å². The molecule has 0 radical (unpaired) electrons. The van der Waals surface area contributed by atoms with Crippen LogP contribution in [0.3, 0.4) is 0 Å². The van der Waals surface area contributed by atoms with Crippen molar-refractivity contribution in [1.82, 2.24) is 4.90 Å². The molecule has 0 unspecified atom stereocenters. The van der Waals surface area contributed by atoms with Crippen LogP contribution in [0.25, 0.3) is 0 Å². The van der Waals surface area contributed by atoms with E-state index < -0.39 is 5.60 Å². The minimum Gasteiger partial charge on any atom is -0.369 e. The third-order valence-corrected chi connectivity index (χ3v) is 2.39. The van der Waals surface area contributed by atoms with Crippen molar-refractivity contribution in [3.8, 4) is 6.07 Å². The van der Waals surface area contributed by atoms with E-state index in [1.807, 2.05) is 13.8 Å². The Morgan fingerprint density at radius 3 is 2.44 bits per heavy atom. The zero-order valence-corrected chi connectivity index (χ0v) is 10.9. The summed E-state index contributed by atoms with van der Waals surface area (Å²) in [4.78, 5) is 13.8. The van der Waals surface area contributed by atoms with E-state index in [0.717, 1.165) is 0 Å². The van der Waals surface area contributed by atoms with Gasteiger partial charge in [-0.2, -0.15) is 5.26 Å². The zero-order chi connectivity index (χ0) is 12.8. The fraction of sp³-hybridized carbons (Fsp3) is 0.833. The fourth-order valence-corrected chi connectivity index (χ4v) is 1.37. The van der Waals surface area contributed by atoms with Crippen LogP contribution < -0.4 is 0 Å². The highest BCUT2D eigenvalue weighted by Crippen LogP contribution is 2.14. The van der Waals surface area contributed by atoms with Crippen molar-refractivity contribution >= 4 is 5.91 Å². The fourth-order valence-electron chi connectivity index (χ4n) is 1.37. The third kappa shape index (κ3) is 4.63. The number of amides is 1. The van der Waals surface area contributed by atoms with E-state index in [2.05, 4.69) is 6.07 Å². The van der Waals surface area contributed by atoms with Crippen LogP contribution in [0, 0.1) is 17.2 Å². The molecule has 0 aliphatic carbocycles. The van der Waals surface area contributed by atoms with E-state index in [0.29, 0.717) is 25.4 Å². The summed E-state index contributed by atoms with van der Waals surface area (Å²) in [5.74, 6) is 0.328. The molecule has 0 saturated carbocycles. The lowest BCUT2D eigenvalue weighted by atomic mass is 10.1. The highest BCUT2D eigenvalue weighted by molar-refractivity contribution is 5.84. The summed E-state index contributed by atoms with van der Waals surface area (Å²) in [6.07, 6.45) is 0.359. The minimum absolute atomic E-state index is 0.0565. The lowest BCUT2D eigenvalue weighted by Gasteiger charge is -2.31. The number of methoxy groups -OCH3 is 1. The van der Waals surface area contributed by atoms with Crippen LogP contribution >= 0.6 is 0 Å². The molecule has 0 rings (SSSR count). The summed E-state index contributed by atoms with van der Waals surface area (Å²) in [5, 5.41) is 8.57. The van der Waals surface area contributed by atoms with Crippen molar-refractivity contribution in [1.29, 1.82) is 5.26 Å². The molecule has 0 aromatic carbocycles. The third-order valence-electron chi connectivity index (χ3n) is 2.39. The molecule has 16 heavy (non-hydrogen) atoms. The van der Waals surface area contributed by atoms with Crippen molar-refractivity contribution in [3.05, 3.63) is 0 Å². The van der Waals surface area contributed by atoms with Crippen molar-refractivity contribution < 1.29 is 9.53 Å². The maximum atomic E-state index is 12.1. The average molecular weight is 226 g/mol. The van der Waals surface area contributed by atoms with Gasteiger partial charge < -0.3 is 9.64 Å². The molecule has 0 aliphatic rings. The van der Waals surface area contributed by atoms with Gasteiger partial charge in [0, 0.05) is 20.2 Å². The van der Waals surface area contributed by atoms with Gasteiger partial charge in [-0.15, -0.1) is 0 Å². The maximum absolute atomic E-state index is 12.1. The van der Waals surface area contributed by atoms with E-state index in [4.69, 9.17) is 10.00 Å². The smallest absolute Gasteiger partial charge is 0.254 e. The second kappa shape index (κ2) is 6.49. The SMILES string of the molecule is COC(C)(C)C(=O)N(CCC#N)CC(C)C.